The first-order valence-corrected chi connectivity index (χ1v) is 12.4. The van der Waals surface area contributed by atoms with E-state index in [0.29, 0.717) is 12.8 Å². The highest BCUT2D eigenvalue weighted by Crippen LogP contribution is 2.34. The number of hydrogen-bond acceptors (Lipinski definition) is 4. The van der Waals surface area contributed by atoms with Crippen LogP contribution in [0.2, 0.25) is 0 Å². The number of carbonyl (C=O) groups excluding carboxylic acids is 1. The maximum absolute atomic E-state index is 13.8. The molecule has 1 atom stereocenters. The maximum Gasteiger partial charge on any atom is 0.319 e. The van der Waals surface area contributed by atoms with Crippen LogP contribution >= 0.6 is 0 Å². The smallest absolute Gasteiger partial charge is 0.319 e. The number of halogens is 5. The fourth-order valence-electron chi connectivity index (χ4n) is 4.03. The molecule has 0 aliphatic heterocycles. The zero-order valence-electron chi connectivity index (χ0n) is 21.7. The number of methoxy groups -OCH3 is 2. The molecule has 11 heteroatoms. The number of anilines is 1. The largest absolute Gasteiger partial charge is 0.338 e. The summed E-state index contributed by atoms with van der Waals surface area (Å²) in [5.74, 6) is -12.3. The van der Waals surface area contributed by atoms with Gasteiger partial charge < -0.3 is 24.8 Å². The van der Waals surface area contributed by atoms with Crippen molar-refractivity contribution >= 4 is 11.7 Å². The Labute approximate surface area is 210 Å². The van der Waals surface area contributed by atoms with Gasteiger partial charge in [0.25, 0.3) is 5.97 Å². The van der Waals surface area contributed by atoms with E-state index in [1.807, 2.05) is 13.8 Å². The molecule has 1 aromatic rings. The molecular formula is C25H39F5N2O4. The molecular weight excluding hydrogens is 487 g/mol. The summed E-state index contributed by atoms with van der Waals surface area (Å²) in [4.78, 5) is 12.1. The van der Waals surface area contributed by atoms with Gasteiger partial charge in [-0.3, -0.25) is 0 Å². The van der Waals surface area contributed by atoms with Crippen molar-refractivity contribution in [3.8, 4) is 0 Å². The second-order valence-electron chi connectivity index (χ2n) is 8.90. The second-order valence-corrected chi connectivity index (χ2v) is 8.90. The first-order valence-electron chi connectivity index (χ1n) is 12.4. The highest BCUT2D eigenvalue weighted by molar-refractivity contribution is 5.89. The van der Waals surface area contributed by atoms with Crippen LogP contribution in [0.3, 0.4) is 0 Å². The Hall–Kier alpha value is -1.98. The Morgan fingerprint density at radius 1 is 0.806 bits per heavy atom. The van der Waals surface area contributed by atoms with Crippen LogP contribution in [0.5, 0.6) is 0 Å². The molecule has 0 radical (unpaired) electrons. The van der Waals surface area contributed by atoms with Gasteiger partial charge in [-0.15, -0.1) is 0 Å². The van der Waals surface area contributed by atoms with Gasteiger partial charge in [0.15, 0.2) is 23.3 Å². The van der Waals surface area contributed by atoms with Crippen LogP contribution in [-0.4, -0.2) is 38.9 Å². The SMILES string of the molecule is CCCCCCCCC(CCCNC(=O)Nc1c(F)c(F)c(F)c(F)c1F)C(OC)(OC)OC(C)C. The van der Waals surface area contributed by atoms with E-state index in [2.05, 4.69) is 12.2 Å². The van der Waals surface area contributed by atoms with Crippen LogP contribution in [-0.2, 0) is 14.2 Å². The zero-order valence-corrected chi connectivity index (χ0v) is 21.7. The van der Waals surface area contributed by atoms with E-state index in [1.54, 1.807) is 5.32 Å². The summed E-state index contributed by atoms with van der Waals surface area (Å²) in [6.45, 7) is 5.95. The lowest BCUT2D eigenvalue weighted by atomic mass is 9.92. The third-order valence-electron chi connectivity index (χ3n) is 5.84. The number of urea groups is 1. The number of ether oxygens (including phenoxy) is 3. The van der Waals surface area contributed by atoms with Gasteiger partial charge in [0.1, 0.15) is 5.69 Å². The molecule has 2 amide bonds. The maximum atomic E-state index is 13.8. The van der Waals surface area contributed by atoms with Gasteiger partial charge in [-0.05, 0) is 33.1 Å². The summed E-state index contributed by atoms with van der Waals surface area (Å²) in [6.07, 6.45) is 8.13. The number of unbranched alkanes of at least 4 members (excludes halogenated alkanes) is 5. The van der Waals surface area contributed by atoms with Crippen LogP contribution in [0.15, 0.2) is 0 Å². The second kappa shape index (κ2) is 16.0. The monoisotopic (exact) mass is 526 g/mol. The van der Waals surface area contributed by atoms with Crippen molar-refractivity contribution in [3.05, 3.63) is 29.1 Å². The lowest BCUT2D eigenvalue weighted by Crippen LogP contribution is -2.46. The normalized spacial score (nSPS) is 12.8. The molecule has 0 heterocycles. The van der Waals surface area contributed by atoms with Gasteiger partial charge in [-0.1, -0.05) is 45.4 Å². The highest BCUT2D eigenvalue weighted by atomic mass is 19.2. The van der Waals surface area contributed by atoms with Crippen LogP contribution in [0.25, 0.3) is 0 Å². The van der Waals surface area contributed by atoms with Gasteiger partial charge >= 0.3 is 6.03 Å². The summed E-state index contributed by atoms with van der Waals surface area (Å²) >= 11 is 0. The van der Waals surface area contributed by atoms with Gasteiger partial charge in [-0.25, -0.2) is 26.7 Å². The molecule has 0 fully saturated rings. The van der Waals surface area contributed by atoms with Crippen molar-refractivity contribution in [2.45, 2.75) is 90.6 Å². The molecule has 6 nitrogen and oxygen atoms in total. The number of rotatable bonds is 17. The molecule has 2 N–H and O–H groups in total. The molecule has 0 spiro atoms. The fourth-order valence-corrected chi connectivity index (χ4v) is 4.03. The quantitative estimate of drug-likeness (QED) is 0.0752. The van der Waals surface area contributed by atoms with Crippen molar-refractivity contribution in [2.75, 3.05) is 26.1 Å². The number of benzene rings is 1. The number of nitrogens with one attached hydrogen (secondary N) is 2. The van der Waals surface area contributed by atoms with E-state index < -0.39 is 46.8 Å². The van der Waals surface area contributed by atoms with Crippen LogP contribution < -0.4 is 10.6 Å². The van der Waals surface area contributed by atoms with E-state index in [9.17, 15) is 26.7 Å². The molecule has 0 saturated heterocycles. The first kappa shape index (κ1) is 32.0. The van der Waals surface area contributed by atoms with Crippen molar-refractivity contribution in [1.82, 2.24) is 5.32 Å². The van der Waals surface area contributed by atoms with Crippen LogP contribution in [0.4, 0.5) is 32.4 Å². The van der Waals surface area contributed by atoms with Gasteiger partial charge in [-0.2, -0.15) is 0 Å². The standard InChI is InChI=1S/C25H39F5N2O4/c1-6-7-8-9-10-11-13-17(25(34-4,35-5)36-16(2)3)14-12-15-31-24(33)32-23-21(29)19(27)18(26)20(28)22(23)30/h16-17H,6-15H2,1-5H3,(H2,31,32,33). The summed E-state index contributed by atoms with van der Waals surface area (Å²) in [5, 5.41) is 4.06. The lowest BCUT2D eigenvalue weighted by molar-refractivity contribution is -0.399. The predicted molar refractivity (Wildman–Crippen MR) is 127 cm³/mol. The van der Waals surface area contributed by atoms with E-state index in [-0.39, 0.29) is 18.6 Å². The third-order valence-corrected chi connectivity index (χ3v) is 5.84. The zero-order chi connectivity index (χ0) is 27.3. The van der Waals surface area contributed by atoms with Gasteiger partial charge in [0.2, 0.25) is 5.82 Å². The molecule has 1 rings (SSSR count). The Morgan fingerprint density at radius 3 is 1.83 bits per heavy atom. The molecule has 36 heavy (non-hydrogen) atoms. The van der Waals surface area contributed by atoms with E-state index in [1.165, 1.54) is 27.1 Å². The Balaban J connectivity index is 2.75. The Morgan fingerprint density at radius 2 is 1.31 bits per heavy atom. The third kappa shape index (κ3) is 9.15. The molecule has 1 aromatic carbocycles. The molecule has 0 aliphatic carbocycles. The number of hydrogen-bond donors (Lipinski definition) is 2. The van der Waals surface area contributed by atoms with Crippen LogP contribution in [0, 0.1) is 35.0 Å². The fraction of sp³-hybridized carbons (Fsp3) is 0.720. The lowest BCUT2D eigenvalue weighted by Gasteiger charge is -2.39. The minimum atomic E-state index is -2.30. The molecule has 208 valence electrons. The average Bonchev–Trinajstić information content (AvgIpc) is 2.86. The summed E-state index contributed by atoms with van der Waals surface area (Å²) < 4.78 is 84.7. The van der Waals surface area contributed by atoms with Crippen molar-refractivity contribution in [2.24, 2.45) is 5.92 Å². The topological polar surface area (TPSA) is 68.8 Å². The average molecular weight is 527 g/mol. The molecule has 0 bridgehead atoms. The molecule has 0 saturated carbocycles. The molecule has 1 unspecified atom stereocenters. The molecule has 0 aliphatic rings. The summed E-state index contributed by atoms with van der Waals surface area (Å²) in [6, 6.07) is -1.10. The van der Waals surface area contributed by atoms with Crippen molar-refractivity contribution in [3.63, 3.8) is 0 Å². The van der Waals surface area contributed by atoms with E-state index >= 15 is 0 Å². The first-order chi connectivity index (χ1) is 17.0. The number of carbonyl (C=O) groups is 1. The van der Waals surface area contributed by atoms with Gasteiger partial charge in [0, 0.05) is 26.7 Å². The minimum absolute atomic E-state index is 0.0689. The predicted octanol–water partition coefficient (Wildman–Crippen LogP) is 7.02. The minimum Gasteiger partial charge on any atom is -0.338 e. The number of amides is 2. The molecule has 0 aromatic heterocycles. The van der Waals surface area contributed by atoms with E-state index in [0.717, 1.165) is 32.1 Å². The Kier molecular flexibility index (Phi) is 14.2. The van der Waals surface area contributed by atoms with E-state index in [4.69, 9.17) is 14.2 Å². The highest BCUT2D eigenvalue weighted by Gasteiger charge is 2.41. The summed E-state index contributed by atoms with van der Waals surface area (Å²) in [7, 11) is 2.99. The van der Waals surface area contributed by atoms with Crippen molar-refractivity contribution in [1.29, 1.82) is 0 Å². The van der Waals surface area contributed by atoms with Gasteiger partial charge in [0.05, 0.1) is 6.10 Å². The summed E-state index contributed by atoms with van der Waals surface area (Å²) in [5.41, 5.74) is -1.41. The van der Waals surface area contributed by atoms with Crippen LogP contribution in [0.1, 0.15) is 78.6 Å². The Bertz CT molecular complexity index is 793. The van der Waals surface area contributed by atoms with Crippen molar-refractivity contribution < 1.29 is 41.0 Å².